The fourth-order valence-corrected chi connectivity index (χ4v) is 4.27. The molecule has 0 spiro atoms. The van der Waals surface area contributed by atoms with Gasteiger partial charge in [-0.1, -0.05) is 56.2 Å². The van der Waals surface area contributed by atoms with E-state index in [1.165, 1.54) is 0 Å². The molecule has 0 radical (unpaired) electrons. The monoisotopic (exact) mass is 418 g/mol. The standard InChI is InChI=1S/C25H26N2O4/c1-3-4-9-14-27-22(17-11-6-8-13-20(17)31-2)21(24(29)25(27)30)23(28)18-15-26-19-12-7-5-10-16(18)19/h5-8,10-13,15,22,26,28H,3-4,9,14H2,1-2H3/b23-21+. The van der Waals surface area contributed by atoms with E-state index in [0.29, 0.717) is 23.4 Å². The largest absolute Gasteiger partial charge is 0.507 e. The highest BCUT2D eigenvalue weighted by Gasteiger charge is 2.46. The van der Waals surface area contributed by atoms with Crippen molar-refractivity contribution in [3.63, 3.8) is 0 Å². The Morgan fingerprint density at radius 2 is 1.84 bits per heavy atom. The van der Waals surface area contributed by atoms with Gasteiger partial charge in [0.15, 0.2) is 0 Å². The number of aromatic nitrogens is 1. The van der Waals surface area contributed by atoms with Gasteiger partial charge in [0.25, 0.3) is 11.7 Å². The smallest absolute Gasteiger partial charge is 0.295 e. The van der Waals surface area contributed by atoms with Crippen molar-refractivity contribution < 1.29 is 19.4 Å². The number of nitrogens with one attached hydrogen (secondary N) is 1. The van der Waals surface area contributed by atoms with Crippen LogP contribution in [0.3, 0.4) is 0 Å². The molecule has 0 saturated carbocycles. The van der Waals surface area contributed by atoms with Crippen LogP contribution in [0.2, 0.25) is 0 Å². The predicted octanol–water partition coefficient (Wildman–Crippen LogP) is 4.79. The first kappa shape index (κ1) is 20.7. The molecule has 1 atom stereocenters. The number of ketones is 1. The van der Waals surface area contributed by atoms with E-state index in [1.54, 1.807) is 24.3 Å². The van der Waals surface area contributed by atoms with E-state index in [-0.39, 0.29) is 11.3 Å². The lowest BCUT2D eigenvalue weighted by Crippen LogP contribution is -2.30. The summed E-state index contributed by atoms with van der Waals surface area (Å²) in [6, 6.07) is 14.1. The van der Waals surface area contributed by atoms with Crippen LogP contribution in [0.4, 0.5) is 0 Å². The van der Waals surface area contributed by atoms with Gasteiger partial charge in [-0.2, -0.15) is 0 Å². The summed E-state index contributed by atoms with van der Waals surface area (Å²) in [4.78, 5) is 30.8. The number of para-hydroxylation sites is 2. The average molecular weight is 418 g/mol. The van der Waals surface area contributed by atoms with Gasteiger partial charge in [0.05, 0.1) is 18.7 Å². The van der Waals surface area contributed by atoms with Gasteiger partial charge in [0.2, 0.25) is 0 Å². The number of aliphatic hydroxyl groups is 1. The molecule has 1 unspecified atom stereocenters. The minimum Gasteiger partial charge on any atom is -0.507 e. The Kier molecular flexibility index (Phi) is 5.80. The Bertz CT molecular complexity index is 1160. The number of H-pyrrole nitrogens is 1. The van der Waals surface area contributed by atoms with Crippen molar-refractivity contribution in [1.29, 1.82) is 0 Å². The number of nitrogens with zero attached hydrogens (tertiary/aromatic N) is 1. The number of hydrogen-bond donors (Lipinski definition) is 2. The zero-order chi connectivity index (χ0) is 22.0. The highest BCUT2D eigenvalue weighted by Crippen LogP contribution is 2.43. The first-order valence-corrected chi connectivity index (χ1v) is 10.6. The van der Waals surface area contributed by atoms with Crippen LogP contribution in [-0.4, -0.2) is 40.3 Å². The van der Waals surface area contributed by atoms with E-state index < -0.39 is 17.7 Å². The Balaban J connectivity index is 1.90. The number of likely N-dealkylation sites (tertiary alicyclic amines) is 1. The minimum atomic E-state index is -0.707. The van der Waals surface area contributed by atoms with Gasteiger partial charge in [0.1, 0.15) is 11.5 Å². The highest BCUT2D eigenvalue weighted by molar-refractivity contribution is 6.46. The Morgan fingerprint density at radius 3 is 2.61 bits per heavy atom. The number of hydrogen-bond acceptors (Lipinski definition) is 4. The van der Waals surface area contributed by atoms with Crippen molar-refractivity contribution in [2.45, 2.75) is 32.2 Å². The Labute approximate surface area is 181 Å². The molecule has 4 rings (SSSR count). The molecule has 2 aromatic carbocycles. The van der Waals surface area contributed by atoms with Crippen LogP contribution in [0.15, 0.2) is 60.3 Å². The Morgan fingerprint density at radius 1 is 1.10 bits per heavy atom. The lowest BCUT2D eigenvalue weighted by molar-refractivity contribution is -0.139. The Hall–Kier alpha value is -3.54. The highest BCUT2D eigenvalue weighted by atomic mass is 16.5. The van der Waals surface area contributed by atoms with Crippen LogP contribution in [0.1, 0.15) is 43.4 Å². The van der Waals surface area contributed by atoms with Crippen molar-refractivity contribution in [3.8, 4) is 5.75 Å². The number of rotatable bonds is 7. The van der Waals surface area contributed by atoms with E-state index in [4.69, 9.17) is 4.74 Å². The molecule has 1 fully saturated rings. The molecule has 2 heterocycles. The molecule has 160 valence electrons. The molecule has 31 heavy (non-hydrogen) atoms. The molecular formula is C25H26N2O4. The number of benzene rings is 2. The summed E-state index contributed by atoms with van der Waals surface area (Å²) in [5.74, 6) is -0.868. The van der Waals surface area contributed by atoms with Crippen LogP contribution in [-0.2, 0) is 9.59 Å². The summed E-state index contributed by atoms with van der Waals surface area (Å²) >= 11 is 0. The number of Topliss-reactive ketones (excluding diaryl/α,β-unsaturated/α-hetero) is 1. The lowest BCUT2D eigenvalue weighted by Gasteiger charge is -2.26. The van der Waals surface area contributed by atoms with E-state index in [9.17, 15) is 14.7 Å². The van der Waals surface area contributed by atoms with Crippen molar-refractivity contribution >= 4 is 28.4 Å². The molecule has 1 aliphatic rings. The third kappa shape index (κ3) is 3.58. The number of carbonyl (C=O) groups is 2. The minimum absolute atomic E-state index is 0.0933. The zero-order valence-corrected chi connectivity index (χ0v) is 17.7. The van der Waals surface area contributed by atoms with Gasteiger partial charge in [-0.05, 0) is 18.6 Å². The van der Waals surface area contributed by atoms with E-state index in [0.717, 1.165) is 30.2 Å². The summed E-state index contributed by atoms with van der Waals surface area (Å²) in [7, 11) is 1.56. The van der Waals surface area contributed by atoms with Gasteiger partial charge >= 0.3 is 0 Å². The zero-order valence-electron chi connectivity index (χ0n) is 17.7. The van der Waals surface area contributed by atoms with Gasteiger partial charge in [-0.3, -0.25) is 9.59 Å². The molecule has 1 saturated heterocycles. The van der Waals surface area contributed by atoms with Crippen molar-refractivity contribution in [2.24, 2.45) is 0 Å². The second kappa shape index (κ2) is 8.68. The molecule has 0 aliphatic carbocycles. The third-order valence-corrected chi connectivity index (χ3v) is 5.82. The predicted molar refractivity (Wildman–Crippen MR) is 120 cm³/mol. The molecular weight excluding hydrogens is 392 g/mol. The van der Waals surface area contributed by atoms with Crippen molar-refractivity contribution in [1.82, 2.24) is 9.88 Å². The lowest BCUT2D eigenvalue weighted by atomic mass is 9.94. The average Bonchev–Trinajstić information content (AvgIpc) is 3.33. The normalized spacial score (nSPS) is 18.1. The number of aliphatic hydroxyl groups excluding tert-OH is 1. The summed E-state index contributed by atoms with van der Waals surface area (Å²) in [5.41, 5.74) is 2.12. The topological polar surface area (TPSA) is 82.6 Å². The number of unbranched alkanes of at least 4 members (excludes halogenated alkanes) is 2. The first-order valence-electron chi connectivity index (χ1n) is 10.6. The van der Waals surface area contributed by atoms with Crippen LogP contribution in [0.5, 0.6) is 5.75 Å². The third-order valence-electron chi connectivity index (χ3n) is 5.82. The van der Waals surface area contributed by atoms with Crippen LogP contribution >= 0.6 is 0 Å². The van der Waals surface area contributed by atoms with Gasteiger partial charge < -0.3 is 19.7 Å². The molecule has 3 aromatic rings. The maximum Gasteiger partial charge on any atom is 0.295 e. The number of fused-ring (bicyclic) bond motifs is 1. The molecule has 2 N–H and O–H groups in total. The van der Waals surface area contributed by atoms with E-state index in [2.05, 4.69) is 11.9 Å². The quantitative estimate of drug-likeness (QED) is 0.250. The number of carbonyl (C=O) groups excluding carboxylic acids is 2. The SMILES string of the molecule is CCCCCN1C(=O)C(=O)/C(=C(/O)c2c[nH]c3ccccc23)C1c1ccccc1OC. The second-order valence-corrected chi connectivity index (χ2v) is 7.69. The van der Waals surface area contributed by atoms with Crippen LogP contribution in [0.25, 0.3) is 16.7 Å². The number of methoxy groups -OCH3 is 1. The fourth-order valence-electron chi connectivity index (χ4n) is 4.27. The van der Waals surface area contributed by atoms with Crippen LogP contribution in [0, 0.1) is 0 Å². The number of aromatic amines is 1. The van der Waals surface area contributed by atoms with E-state index >= 15 is 0 Å². The molecule has 1 aromatic heterocycles. The van der Waals surface area contributed by atoms with Crippen molar-refractivity contribution in [3.05, 3.63) is 71.4 Å². The molecule has 0 bridgehead atoms. The molecule has 1 amide bonds. The second-order valence-electron chi connectivity index (χ2n) is 7.69. The van der Waals surface area contributed by atoms with Crippen LogP contribution < -0.4 is 4.74 Å². The summed E-state index contributed by atoms with van der Waals surface area (Å²) in [6.45, 7) is 2.52. The van der Waals surface area contributed by atoms with Gasteiger partial charge in [0, 0.05) is 34.8 Å². The van der Waals surface area contributed by atoms with Gasteiger partial charge in [-0.15, -0.1) is 0 Å². The fraction of sp³-hybridized carbons (Fsp3) is 0.280. The molecule has 1 aliphatic heterocycles. The summed E-state index contributed by atoms with van der Waals surface area (Å²) in [6.07, 6.45) is 4.40. The summed E-state index contributed by atoms with van der Waals surface area (Å²) < 4.78 is 5.53. The molecule has 6 nitrogen and oxygen atoms in total. The first-order chi connectivity index (χ1) is 15.1. The van der Waals surface area contributed by atoms with Crippen molar-refractivity contribution in [2.75, 3.05) is 13.7 Å². The summed E-state index contributed by atoms with van der Waals surface area (Å²) in [5, 5.41) is 12.1. The van der Waals surface area contributed by atoms with E-state index in [1.807, 2.05) is 42.5 Å². The molecule has 6 heteroatoms. The number of ether oxygens (including phenoxy) is 1. The maximum atomic E-state index is 13.1. The maximum absolute atomic E-state index is 13.1. The van der Waals surface area contributed by atoms with Gasteiger partial charge in [-0.25, -0.2) is 0 Å². The number of amides is 1.